The minimum Gasteiger partial charge on any atom is -1.00 e. The van der Waals surface area contributed by atoms with Crippen molar-refractivity contribution in [2.24, 2.45) is 0 Å². The molecule has 0 unspecified atom stereocenters. The molecular weight excluding hydrogens is 393 g/mol. The van der Waals surface area contributed by atoms with Crippen LogP contribution in [0.2, 0.25) is 0 Å². The molecule has 8 heteroatoms. The van der Waals surface area contributed by atoms with E-state index in [1.807, 2.05) is 30.3 Å². The largest absolute Gasteiger partial charge is 1.00 e. The van der Waals surface area contributed by atoms with Crippen molar-refractivity contribution in [3.8, 4) is 0 Å². The van der Waals surface area contributed by atoms with Crippen LogP contribution in [0.25, 0.3) is 0 Å². The fourth-order valence-electron chi connectivity index (χ4n) is 1.62. The third-order valence-corrected chi connectivity index (χ3v) is 5.39. The van der Waals surface area contributed by atoms with Gasteiger partial charge in [0.2, 0.25) is 0 Å². The third-order valence-electron chi connectivity index (χ3n) is 2.44. The van der Waals surface area contributed by atoms with Crippen LogP contribution >= 0.6 is 24.0 Å². The molecule has 112 valence electrons. The Hall–Kier alpha value is -0.691. The molecule has 0 atom stereocenters. The van der Waals surface area contributed by atoms with Crippen LogP contribution in [0.3, 0.4) is 0 Å². The number of quaternary nitrogens is 1. The summed E-state index contributed by atoms with van der Waals surface area (Å²) < 4.78 is 1.48. The molecule has 0 spiro atoms. The first-order valence-electron chi connectivity index (χ1n) is 5.87. The average Bonchev–Trinajstić information content (AvgIpc) is 2.86. The predicted octanol–water partition coefficient (Wildman–Crippen LogP) is -1.41. The zero-order valence-corrected chi connectivity index (χ0v) is 15.4. The molecule has 4 nitrogen and oxygen atoms in total. The van der Waals surface area contributed by atoms with Crippen molar-refractivity contribution in [1.29, 1.82) is 0 Å². The second-order valence-electron chi connectivity index (χ2n) is 3.97. The molecule has 2 rings (SSSR count). The van der Waals surface area contributed by atoms with Gasteiger partial charge in [-0.1, -0.05) is 0 Å². The molecule has 1 amide bonds. The SMILES string of the molecule is CC(=O)N(c1ccccc1)c1nc(CSC([NH3+])=S)c[se]1.[Cl-]. The van der Waals surface area contributed by atoms with Gasteiger partial charge < -0.3 is 12.4 Å². The first-order valence-corrected chi connectivity index (χ1v) is 9.10. The number of aromatic nitrogens is 1. The first kappa shape index (κ1) is 18.4. The van der Waals surface area contributed by atoms with Crippen molar-refractivity contribution in [2.45, 2.75) is 12.7 Å². The van der Waals surface area contributed by atoms with Crippen LogP contribution in [-0.4, -0.2) is 29.7 Å². The van der Waals surface area contributed by atoms with Gasteiger partial charge >= 0.3 is 133 Å². The quantitative estimate of drug-likeness (QED) is 0.500. The Balaban J connectivity index is 0.00000220. The predicted molar refractivity (Wildman–Crippen MR) is 87.2 cm³/mol. The smallest absolute Gasteiger partial charge is 1.00 e. The molecule has 2 aromatic rings. The van der Waals surface area contributed by atoms with Crippen molar-refractivity contribution in [3.63, 3.8) is 0 Å². The number of anilines is 2. The Kier molecular flexibility index (Phi) is 7.59. The Morgan fingerprint density at radius 2 is 2.10 bits per heavy atom. The number of para-hydroxylation sites is 1. The Morgan fingerprint density at radius 1 is 1.43 bits per heavy atom. The number of benzene rings is 1. The van der Waals surface area contributed by atoms with Crippen LogP contribution in [-0.2, 0) is 10.5 Å². The number of nitrogens with zero attached hydrogens (tertiary/aromatic N) is 2. The maximum atomic E-state index is 11.9. The van der Waals surface area contributed by atoms with E-state index in [1.165, 1.54) is 11.8 Å². The van der Waals surface area contributed by atoms with E-state index < -0.39 is 0 Å². The summed E-state index contributed by atoms with van der Waals surface area (Å²) in [6.07, 6.45) is 0. The molecule has 0 saturated carbocycles. The van der Waals surface area contributed by atoms with Gasteiger partial charge in [0, 0.05) is 0 Å². The molecule has 0 aliphatic rings. The topological polar surface area (TPSA) is 60.8 Å². The van der Waals surface area contributed by atoms with Gasteiger partial charge in [0.05, 0.1) is 0 Å². The van der Waals surface area contributed by atoms with E-state index in [0.29, 0.717) is 10.1 Å². The zero-order chi connectivity index (χ0) is 14.5. The van der Waals surface area contributed by atoms with Crippen molar-refractivity contribution < 1.29 is 22.9 Å². The second-order valence-corrected chi connectivity index (χ2v) is 7.55. The summed E-state index contributed by atoms with van der Waals surface area (Å²) in [5.41, 5.74) is 5.52. The van der Waals surface area contributed by atoms with E-state index in [4.69, 9.17) is 12.2 Å². The molecule has 3 N–H and O–H groups in total. The molecule has 0 bridgehead atoms. The summed E-state index contributed by atoms with van der Waals surface area (Å²) in [5, 5.41) is 0. The van der Waals surface area contributed by atoms with Crippen LogP contribution in [0.5, 0.6) is 0 Å². The molecule has 1 aromatic carbocycles. The number of amides is 1. The maximum absolute atomic E-state index is 11.9. The van der Waals surface area contributed by atoms with Gasteiger partial charge in [-0.25, -0.2) is 0 Å². The van der Waals surface area contributed by atoms with Crippen LogP contribution in [0.15, 0.2) is 35.3 Å². The van der Waals surface area contributed by atoms with Crippen LogP contribution in [0, 0.1) is 0 Å². The van der Waals surface area contributed by atoms with Crippen molar-refractivity contribution in [2.75, 3.05) is 4.90 Å². The Morgan fingerprint density at radius 3 is 2.67 bits per heavy atom. The first-order chi connectivity index (χ1) is 9.58. The summed E-state index contributed by atoms with van der Waals surface area (Å²) in [4.78, 5) is 20.2. The number of thioether (sulfide) groups is 1. The summed E-state index contributed by atoms with van der Waals surface area (Å²) >= 11 is 6.51. The normalized spacial score (nSPS) is 9.81. The van der Waals surface area contributed by atoms with Crippen LogP contribution < -0.4 is 23.0 Å². The van der Waals surface area contributed by atoms with E-state index in [1.54, 1.807) is 11.8 Å². The van der Waals surface area contributed by atoms with Crippen molar-refractivity contribution in [3.05, 3.63) is 41.0 Å². The van der Waals surface area contributed by atoms with Gasteiger partial charge in [-0.3, -0.25) is 0 Å². The third kappa shape index (κ3) is 5.21. The molecule has 1 aromatic heterocycles. The molecule has 0 saturated heterocycles. The molecule has 0 aliphatic heterocycles. The maximum Gasteiger partial charge on any atom is -1.00 e. The number of thiocarbonyl (C=S) groups is 1. The van der Waals surface area contributed by atoms with E-state index in [9.17, 15) is 4.79 Å². The number of rotatable bonds is 4. The minimum absolute atomic E-state index is 0. The Labute approximate surface area is 145 Å². The fraction of sp³-hybridized carbons (Fsp3) is 0.154. The molecular formula is C13H14ClN3OS2Se. The summed E-state index contributed by atoms with van der Waals surface area (Å²) in [6.45, 7) is 1.56. The van der Waals surface area contributed by atoms with Gasteiger partial charge in [0.15, 0.2) is 0 Å². The summed E-state index contributed by atoms with van der Waals surface area (Å²) in [7, 11) is 0. The standard InChI is InChI=1S/C13H13N3OS2Se.ClH/c1-9(17)16(11-5-3-2-4-6-11)13-15-10(8-20-13)7-19-12(14)18;/h2-6,8H,7H2,1H3,(H2,14,18);1H. The molecule has 21 heavy (non-hydrogen) atoms. The molecule has 0 aliphatic carbocycles. The average molecular weight is 407 g/mol. The summed E-state index contributed by atoms with van der Waals surface area (Å²) in [6, 6.07) is 9.59. The van der Waals surface area contributed by atoms with E-state index in [-0.39, 0.29) is 32.8 Å². The summed E-state index contributed by atoms with van der Waals surface area (Å²) in [5.74, 6) is 0.695. The molecule has 0 fully saturated rings. The van der Waals surface area contributed by atoms with Crippen molar-refractivity contribution >= 4 is 59.1 Å². The number of hydrogen-bond donors (Lipinski definition) is 1. The number of carbonyl (C=O) groups excluding carboxylic acids is 1. The molecule has 0 radical (unpaired) electrons. The van der Waals surface area contributed by atoms with Gasteiger partial charge in [0.1, 0.15) is 0 Å². The second kappa shape index (κ2) is 8.68. The monoisotopic (exact) mass is 407 g/mol. The number of carbonyl (C=O) groups is 1. The zero-order valence-electron chi connectivity index (χ0n) is 11.3. The van der Waals surface area contributed by atoms with E-state index >= 15 is 0 Å². The van der Waals surface area contributed by atoms with Crippen LogP contribution in [0.1, 0.15) is 12.6 Å². The van der Waals surface area contributed by atoms with Crippen LogP contribution in [0.4, 0.5) is 10.4 Å². The number of halogens is 1. The molecule has 1 heterocycles. The van der Waals surface area contributed by atoms with Crippen molar-refractivity contribution in [1.82, 2.24) is 4.98 Å². The van der Waals surface area contributed by atoms with Gasteiger partial charge in [-0.05, 0) is 0 Å². The fourth-order valence-corrected chi connectivity index (χ4v) is 4.36. The van der Waals surface area contributed by atoms with Gasteiger partial charge in [-0.2, -0.15) is 0 Å². The Bertz CT molecular complexity index is 621. The van der Waals surface area contributed by atoms with E-state index in [0.717, 1.165) is 16.1 Å². The van der Waals surface area contributed by atoms with Gasteiger partial charge in [-0.15, -0.1) is 0 Å². The number of hydrogen-bond acceptors (Lipinski definition) is 4. The van der Waals surface area contributed by atoms with Gasteiger partial charge in [0.25, 0.3) is 0 Å². The minimum atomic E-state index is -0.0215. The van der Waals surface area contributed by atoms with E-state index in [2.05, 4.69) is 15.7 Å².